The van der Waals surface area contributed by atoms with E-state index in [0.717, 1.165) is 5.56 Å². The second kappa shape index (κ2) is 9.07. The Bertz CT molecular complexity index is 1050. The van der Waals surface area contributed by atoms with Crippen molar-refractivity contribution < 1.29 is 14.0 Å². The number of hydrogen-bond donors (Lipinski definition) is 3. The van der Waals surface area contributed by atoms with E-state index in [2.05, 4.69) is 16.0 Å². The number of halogens is 1. The summed E-state index contributed by atoms with van der Waals surface area (Å²) in [6.07, 6.45) is 0. The quantitative estimate of drug-likeness (QED) is 0.557. The summed E-state index contributed by atoms with van der Waals surface area (Å²) in [5.41, 5.74) is 2.96. The fourth-order valence-corrected chi connectivity index (χ4v) is 2.73. The topological polar surface area (TPSA) is 70.2 Å². The predicted molar refractivity (Wildman–Crippen MR) is 116 cm³/mol. The second-order valence-electron chi connectivity index (χ2n) is 6.32. The summed E-state index contributed by atoms with van der Waals surface area (Å²) in [5.74, 6) is -1.06. The molecular formula is C22H18FN3O2S. The molecule has 0 bridgehead atoms. The minimum Gasteiger partial charge on any atom is -0.332 e. The molecule has 0 heterocycles. The average molecular weight is 407 g/mol. The van der Waals surface area contributed by atoms with E-state index in [-0.39, 0.29) is 22.7 Å². The van der Waals surface area contributed by atoms with E-state index in [9.17, 15) is 14.0 Å². The van der Waals surface area contributed by atoms with Gasteiger partial charge in [-0.1, -0.05) is 23.8 Å². The smallest absolute Gasteiger partial charge is 0.257 e. The van der Waals surface area contributed by atoms with Crippen LogP contribution in [-0.4, -0.2) is 16.9 Å². The number of benzene rings is 3. The van der Waals surface area contributed by atoms with Crippen LogP contribution in [0.5, 0.6) is 0 Å². The molecule has 3 aromatic rings. The van der Waals surface area contributed by atoms with Crippen molar-refractivity contribution in [2.45, 2.75) is 6.92 Å². The molecule has 3 rings (SSSR count). The van der Waals surface area contributed by atoms with Crippen LogP contribution in [0.3, 0.4) is 0 Å². The number of anilines is 2. The maximum absolute atomic E-state index is 13.0. The third-order valence-corrected chi connectivity index (χ3v) is 4.23. The fraction of sp³-hybridized carbons (Fsp3) is 0.0455. The molecule has 29 heavy (non-hydrogen) atoms. The highest BCUT2D eigenvalue weighted by Crippen LogP contribution is 2.14. The van der Waals surface area contributed by atoms with Gasteiger partial charge in [-0.3, -0.25) is 14.9 Å². The molecule has 0 saturated carbocycles. The Morgan fingerprint density at radius 1 is 0.793 bits per heavy atom. The van der Waals surface area contributed by atoms with Crippen molar-refractivity contribution in [3.8, 4) is 0 Å². The lowest BCUT2D eigenvalue weighted by atomic mass is 10.1. The van der Waals surface area contributed by atoms with E-state index in [0.29, 0.717) is 22.5 Å². The monoisotopic (exact) mass is 407 g/mol. The third-order valence-electron chi connectivity index (χ3n) is 4.03. The van der Waals surface area contributed by atoms with Crippen LogP contribution < -0.4 is 16.0 Å². The first-order valence-corrected chi connectivity index (χ1v) is 9.17. The zero-order valence-electron chi connectivity index (χ0n) is 15.5. The standard InChI is InChI=1S/C22H18FN3O2S/c1-14-5-7-15(8-6-14)20(27)26-22(29)25-19-4-2-3-16(13-19)21(28)24-18-11-9-17(23)10-12-18/h2-13H,1H3,(H,24,28)(H2,25,26,27,29). The number of hydrogen-bond acceptors (Lipinski definition) is 3. The molecule has 5 nitrogen and oxygen atoms in total. The van der Waals surface area contributed by atoms with Gasteiger partial charge in [-0.05, 0) is 73.7 Å². The zero-order chi connectivity index (χ0) is 20.8. The van der Waals surface area contributed by atoms with Gasteiger partial charge in [-0.15, -0.1) is 0 Å². The van der Waals surface area contributed by atoms with Crippen molar-refractivity contribution >= 4 is 40.5 Å². The molecule has 0 aromatic heterocycles. The SMILES string of the molecule is Cc1ccc(C(=O)NC(=S)Nc2cccc(C(=O)Nc3ccc(F)cc3)c2)cc1. The number of rotatable bonds is 4. The fourth-order valence-electron chi connectivity index (χ4n) is 2.52. The Hall–Kier alpha value is -3.58. The van der Waals surface area contributed by atoms with Crippen LogP contribution in [-0.2, 0) is 0 Å². The van der Waals surface area contributed by atoms with E-state index in [1.807, 2.05) is 19.1 Å². The molecule has 0 aliphatic heterocycles. The predicted octanol–water partition coefficient (Wildman–Crippen LogP) is 4.51. The first-order valence-electron chi connectivity index (χ1n) is 8.77. The summed E-state index contributed by atoms with van der Waals surface area (Å²) in [4.78, 5) is 24.6. The molecule has 0 fully saturated rings. The maximum Gasteiger partial charge on any atom is 0.257 e. The summed E-state index contributed by atoms with van der Waals surface area (Å²) >= 11 is 5.19. The average Bonchev–Trinajstić information content (AvgIpc) is 2.70. The van der Waals surface area contributed by atoms with Gasteiger partial charge in [0.15, 0.2) is 5.11 Å². The third kappa shape index (κ3) is 5.70. The molecule has 0 atom stereocenters. The Balaban J connectivity index is 1.62. The van der Waals surface area contributed by atoms with Gasteiger partial charge in [0.2, 0.25) is 0 Å². The number of carbonyl (C=O) groups is 2. The van der Waals surface area contributed by atoms with Crippen molar-refractivity contribution in [1.82, 2.24) is 5.32 Å². The van der Waals surface area contributed by atoms with Crippen molar-refractivity contribution in [3.05, 3.63) is 95.3 Å². The van der Waals surface area contributed by atoms with E-state index in [4.69, 9.17) is 12.2 Å². The highest BCUT2D eigenvalue weighted by Gasteiger charge is 2.10. The van der Waals surface area contributed by atoms with Gasteiger partial charge >= 0.3 is 0 Å². The first-order chi connectivity index (χ1) is 13.9. The van der Waals surface area contributed by atoms with Crippen LogP contribution in [0.25, 0.3) is 0 Å². The molecule has 0 radical (unpaired) electrons. The maximum atomic E-state index is 13.0. The zero-order valence-corrected chi connectivity index (χ0v) is 16.3. The van der Waals surface area contributed by atoms with Crippen LogP contribution in [0.2, 0.25) is 0 Å². The van der Waals surface area contributed by atoms with Gasteiger partial charge < -0.3 is 10.6 Å². The summed E-state index contributed by atoms with van der Waals surface area (Å²) in [6, 6.07) is 19.2. The number of nitrogens with one attached hydrogen (secondary N) is 3. The van der Waals surface area contributed by atoms with Crippen LogP contribution >= 0.6 is 12.2 Å². The molecular weight excluding hydrogens is 389 g/mol. The van der Waals surface area contributed by atoms with Crippen LogP contribution in [0, 0.1) is 12.7 Å². The van der Waals surface area contributed by atoms with Gasteiger partial charge in [0, 0.05) is 22.5 Å². The largest absolute Gasteiger partial charge is 0.332 e. The van der Waals surface area contributed by atoms with E-state index in [1.54, 1.807) is 36.4 Å². The van der Waals surface area contributed by atoms with Gasteiger partial charge in [0.25, 0.3) is 11.8 Å². The van der Waals surface area contributed by atoms with Crippen molar-refractivity contribution in [2.24, 2.45) is 0 Å². The second-order valence-corrected chi connectivity index (χ2v) is 6.72. The number of carbonyl (C=O) groups excluding carboxylic acids is 2. The molecule has 0 unspecified atom stereocenters. The number of thiocarbonyl (C=S) groups is 1. The minimum absolute atomic E-state index is 0.117. The molecule has 0 spiro atoms. The highest BCUT2D eigenvalue weighted by molar-refractivity contribution is 7.80. The number of amides is 2. The number of aryl methyl sites for hydroxylation is 1. The van der Waals surface area contributed by atoms with Gasteiger partial charge in [0.1, 0.15) is 5.82 Å². The first kappa shape index (κ1) is 20.2. The lowest BCUT2D eigenvalue weighted by Gasteiger charge is -2.11. The van der Waals surface area contributed by atoms with Crippen molar-refractivity contribution in [3.63, 3.8) is 0 Å². The molecule has 7 heteroatoms. The van der Waals surface area contributed by atoms with Crippen LogP contribution in [0.1, 0.15) is 26.3 Å². The molecule has 2 amide bonds. The van der Waals surface area contributed by atoms with E-state index >= 15 is 0 Å². The molecule has 0 saturated heterocycles. The van der Waals surface area contributed by atoms with Crippen molar-refractivity contribution in [1.29, 1.82) is 0 Å². The van der Waals surface area contributed by atoms with Gasteiger partial charge in [0.05, 0.1) is 0 Å². The molecule has 0 aliphatic carbocycles. The van der Waals surface area contributed by atoms with Crippen molar-refractivity contribution in [2.75, 3.05) is 10.6 Å². The molecule has 0 aliphatic rings. The normalized spacial score (nSPS) is 10.1. The molecule has 146 valence electrons. The summed E-state index contributed by atoms with van der Waals surface area (Å²) in [7, 11) is 0. The lowest BCUT2D eigenvalue weighted by Crippen LogP contribution is -2.34. The van der Waals surface area contributed by atoms with E-state index < -0.39 is 0 Å². The summed E-state index contributed by atoms with van der Waals surface area (Å²) in [6.45, 7) is 1.94. The molecule has 3 N–H and O–H groups in total. The Morgan fingerprint density at radius 3 is 2.17 bits per heavy atom. The van der Waals surface area contributed by atoms with Crippen LogP contribution in [0.15, 0.2) is 72.8 Å². The van der Waals surface area contributed by atoms with Gasteiger partial charge in [-0.2, -0.15) is 0 Å². The Kier molecular flexibility index (Phi) is 6.31. The summed E-state index contributed by atoms with van der Waals surface area (Å²) < 4.78 is 13.0. The van der Waals surface area contributed by atoms with Gasteiger partial charge in [-0.25, -0.2) is 4.39 Å². The van der Waals surface area contributed by atoms with Crippen LogP contribution in [0.4, 0.5) is 15.8 Å². The Labute approximate surface area is 173 Å². The van der Waals surface area contributed by atoms with E-state index in [1.165, 1.54) is 24.3 Å². The molecule has 3 aromatic carbocycles. The Morgan fingerprint density at radius 2 is 1.48 bits per heavy atom. The highest BCUT2D eigenvalue weighted by atomic mass is 32.1. The summed E-state index contributed by atoms with van der Waals surface area (Å²) in [5, 5.41) is 8.30. The minimum atomic E-state index is -0.379. The lowest BCUT2D eigenvalue weighted by molar-refractivity contribution is 0.0976.